The molecule has 2 aliphatic rings. The van der Waals surface area contributed by atoms with Gasteiger partial charge in [0.25, 0.3) is 5.91 Å². The summed E-state index contributed by atoms with van der Waals surface area (Å²) in [5, 5.41) is 20.8. The number of carbonyl (C=O) groups excluding carboxylic acids is 1. The summed E-state index contributed by atoms with van der Waals surface area (Å²) < 4.78 is 1.44. The van der Waals surface area contributed by atoms with Gasteiger partial charge in [-0.25, -0.2) is 9.48 Å². The minimum Gasteiger partial charge on any atom is -0.480 e. The second-order valence-electron chi connectivity index (χ2n) is 6.83. The zero-order valence-electron chi connectivity index (χ0n) is 14.0. The highest BCUT2D eigenvalue weighted by atomic mass is 35.5. The molecule has 1 amide bonds. The van der Waals surface area contributed by atoms with Gasteiger partial charge < -0.3 is 10.0 Å². The Morgan fingerprint density at radius 3 is 2.73 bits per heavy atom. The van der Waals surface area contributed by atoms with Crippen LogP contribution < -0.4 is 0 Å². The first-order valence-corrected chi connectivity index (χ1v) is 9.02. The molecule has 1 aromatic carbocycles. The van der Waals surface area contributed by atoms with Crippen molar-refractivity contribution < 1.29 is 14.7 Å². The van der Waals surface area contributed by atoms with Gasteiger partial charge in [-0.1, -0.05) is 24.4 Å². The number of hydrogen-bond donors (Lipinski definition) is 1. The van der Waals surface area contributed by atoms with E-state index in [0.29, 0.717) is 17.7 Å². The number of carboxylic acid groups (broad SMARTS) is 1. The van der Waals surface area contributed by atoms with Gasteiger partial charge in [-0.05, 0) is 53.8 Å². The van der Waals surface area contributed by atoms with E-state index >= 15 is 0 Å². The molecular weight excluding hydrogens is 358 g/mol. The Balaban J connectivity index is 1.66. The van der Waals surface area contributed by atoms with E-state index in [0.717, 1.165) is 25.7 Å². The highest BCUT2D eigenvalue weighted by Gasteiger charge is 2.47. The van der Waals surface area contributed by atoms with Gasteiger partial charge in [-0.3, -0.25) is 4.79 Å². The Kier molecular flexibility index (Phi) is 4.36. The van der Waals surface area contributed by atoms with Crippen molar-refractivity contribution in [2.45, 2.75) is 44.2 Å². The quantitative estimate of drug-likeness (QED) is 0.882. The molecule has 0 unspecified atom stereocenters. The average Bonchev–Trinajstić information content (AvgIpc) is 3.29. The summed E-state index contributed by atoms with van der Waals surface area (Å²) in [4.78, 5) is 26.4. The van der Waals surface area contributed by atoms with E-state index in [1.54, 1.807) is 23.1 Å². The van der Waals surface area contributed by atoms with Crippen molar-refractivity contribution in [1.29, 1.82) is 0 Å². The third-order valence-electron chi connectivity index (χ3n) is 5.40. The van der Waals surface area contributed by atoms with Crippen LogP contribution in [0.15, 0.2) is 24.5 Å². The van der Waals surface area contributed by atoms with Crippen molar-refractivity contribution in [2.24, 2.45) is 5.92 Å². The number of halogens is 1. The molecule has 1 N–H and O–H groups in total. The fraction of sp³-hybridized carbons (Fsp3) is 0.471. The van der Waals surface area contributed by atoms with Crippen LogP contribution in [0.1, 0.15) is 42.5 Å². The second-order valence-corrected chi connectivity index (χ2v) is 7.24. The van der Waals surface area contributed by atoms with Gasteiger partial charge in [0, 0.05) is 6.04 Å². The molecule has 2 heterocycles. The lowest BCUT2D eigenvalue weighted by molar-refractivity contribution is -0.141. The zero-order chi connectivity index (χ0) is 18.3. The van der Waals surface area contributed by atoms with E-state index in [2.05, 4.69) is 15.5 Å². The molecule has 0 spiro atoms. The van der Waals surface area contributed by atoms with Crippen molar-refractivity contribution in [3.05, 3.63) is 35.1 Å². The molecule has 2 fully saturated rings. The number of amides is 1. The summed E-state index contributed by atoms with van der Waals surface area (Å²) in [7, 11) is 0. The number of benzene rings is 1. The lowest BCUT2D eigenvalue weighted by atomic mass is 9.84. The van der Waals surface area contributed by atoms with Crippen LogP contribution in [0.2, 0.25) is 5.02 Å². The number of carboxylic acids is 1. The lowest BCUT2D eigenvalue weighted by Gasteiger charge is -2.33. The smallest absolute Gasteiger partial charge is 0.326 e. The summed E-state index contributed by atoms with van der Waals surface area (Å²) >= 11 is 6.35. The van der Waals surface area contributed by atoms with Crippen LogP contribution in [-0.2, 0) is 4.79 Å². The monoisotopic (exact) mass is 375 g/mol. The Hall–Kier alpha value is -2.48. The van der Waals surface area contributed by atoms with E-state index in [4.69, 9.17) is 11.6 Å². The van der Waals surface area contributed by atoms with Crippen LogP contribution in [0.4, 0.5) is 0 Å². The van der Waals surface area contributed by atoms with E-state index < -0.39 is 12.0 Å². The van der Waals surface area contributed by atoms with Crippen LogP contribution >= 0.6 is 11.6 Å². The molecule has 136 valence electrons. The number of aromatic nitrogens is 4. The van der Waals surface area contributed by atoms with Crippen LogP contribution in [0, 0.1) is 5.92 Å². The van der Waals surface area contributed by atoms with Crippen molar-refractivity contribution in [1.82, 2.24) is 25.1 Å². The number of nitrogens with zero attached hydrogens (tertiary/aromatic N) is 5. The summed E-state index contributed by atoms with van der Waals surface area (Å²) in [6.07, 6.45) is 5.89. The Bertz CT molecular complexity index is 841. The van der Waals surface area contributed by atoms with Gasteiger partial charge in [0.15, 0.2) is 0 Å². The second kappa shape index (κ2) is 6.68. The Morgan fingerprint density at radius 2 is 2.04 bits per heavy atom. The largest absolute Gasteiger partial charge is 0.480 e. The molecule has 3 atom stereocenters. The van der Waals surface area contributed by atoms with Crippen LogP contribution in [0.25, 0.3) is 5.69 Å². The van der Waals surface area contributed by atoms with Crippen LogP contribution in [-0.4, -0.2) is 54.2 Å². The highest BCUT2D eigenvalue weighted by Crippen LogP contribution is 2.41. The third-order valence-corrected chi connectivity index (χ3v) is 5.72. The predicted molar refractivity (Wildman–Crippen MR) is 92.1 cm³/mol. The number of rotatable bonds is 3. The molecule has 0 radical (unpaired) electrons. The van der Waals surface area contributed by atoms with E-state index in [1.165, 1.54) is 11.0 Å². The summed E-state index contributed by atoms with van der Waals surface area (Å²) in [5.41, 5.74) is 0.935. The fourth-order valence-electron chi connectivity index (χ4n) is 4.21. The normalized spacial score (nSPS) is 25.1. The number of carbonyl (C=O) groups is 2. The molecule has 1 saturated carbocycles. The molecule has 8 nitrogen and oxygen atoms in total. The van der Waals surface area contributed by atoms with E-state index in [1.807, 2.05) is 0 Å². The molecule has 1 aromatic heterocycles. The first-order valence-electron chi connectivity index (χ1n) is 8.64. The summed E-state index contributed by atoms with van der Waals surface area (Å²) in [6, 6.07) is 4.10. The number of hydrogen-bond acceptors (Lipinski definition) is 5. The molecule has 0 bridgehead atoms. The molecule has 9 heteroatoms. The van der Waals surface area contributed by atoms with E-state index in [9.17, 15) is 14.7 Å². The number of aliphatic carboxylic acids is 1. The first kappa shape index (κ1) is 17.0. The maximum atomic E-state index is 13.2. The van der Waals surface area contributed by atoms with E-state index in [-0.39, 0.29) is 22.9 Å². The topological polar surface area (TPSA) is 101 Å². The summed E-state index contributed by atoms with van der Waals surface area (Å²) in [5.74, 6) is -1.01. The van der Waals surface area contributed by atoms with Crippen molar-refractivity contribution >= 4 is 23.5 Å². The van der Waals surface area contributed by atoms with Crippen LogP contribution in [0.5, 0.6) is 0 Å². The number of likely N-dealkylation sites (tertiary alicyclic amines) is 1. The first-order chi connectivity index (χ1) is 12.6. The molecule has 2 aromatic rings. The van der Waals surface area contributed by atoms with Gasteiger partial charge >= 0.3 is 5.97 Å². The van der Waals surface area contributed by atoms with Crippen molar-refractivity contribution in [2.75, 3.05) is 0 Å². The SMILES string of the molecule is O=C(O)[C@@H]1C[C@@H]2CCCC[C@H]2N1C(=O)c1ccc(-n2cnnn2)cc1Cl. The van der Waals surface area contributed by atoms with Gasteiger partial charge in [0.1, 0.15) is 12.4 Å². The van der Waals surface area contributed by atoms with Crippen molar-refractivity contribution in [3.63, 3.8) is 0 Å². The minimum absolute atomic E-state index is 0.0207. The number of tetrazole rings is 1. The average molecular weight is 376 g/mol. The highest BCUT2D eigenvalue weighted by molar-refractivity contribution is 6.34. The molecule has 26 heavy (non-hydrogen) atoms. The Morgan fingerprint density at radius 1 is 1.23 bits per heavy atom. The standard InChI is InChI=1S/C17H18ClN5O3/c18-13-8-11(22-9-19-20-21-22)5-6-12(13)16(24)23-14-4-2-1-3-10(14)7-15(23)17(25)26/h5-6,8-10,14-15H,1-4,7H2,(H,25,26)/t10-,14+,15-/m0/s1. The fourth-order valence-corrected chi connectivity index (χ4v) is 4.47. The van der Waals surface area contributed by atoms with Crippen molar-refractivity contribution in [3.8, 4) is 5.69 Å². The van der Waals surface area contributed by atoms with Gasteiger partial charge in [0.2, 0.25) is 0 Å². The maximum Gasteiger partial charge on any atom is 0.326 e. The lowest BCUT2D eigenvalue weighted by Crippen LogP contribution is -2.46. The molecule has 4 rings (SSSR count). The van der Waals surface area contributed by atoms with Gasteiger partial charge in [-0.15, -0.1) is 5.10 Å². The predicted octanol–water partition coefficient (Wildman–Crippen LogP) is 2.17. The minimum atomic E-state index is -0.950. The van der Waals surface area contributed by atoms with Gasteiger partial charge in [0.05, 0.1) is 16.3 Å². The Labute approximate surface area is 154 Å². The van der Waals surface area contributed by atoms with Gasteiger partial charge in [-0.2, -0.15) is 0 Å². The molecular formula is C17H18ClN5O3. The third kappa shape index (κ3) is 2.84. The van der Waals surface area contributed by atoms with Crippen LogP contribution in [0.3, 0.4) is 0 Å². The number of fused-ring (bicyclic) bond motifs is 1. The zero-order valence-corrected chi connectivity index (χ0v) is 14.7. The molecule has 1 aliphatic heterocycles. The summed E-state index contributed by atoms with van der Waals surface area (Å²) in [6.45, 7) is 0. The molecule has 1 saturated heterocycles. The molecule has 1 aliphatic carbocycles. The maximum absolute atomic E-state index is 13.2.